The largest absolute Gasteiger partial charge is 0.256 e. The molecule has 13 heavy (non-hydrogen) atoms. The highest BCUT2D eigenvalue weighted by atomic mass is 35.5. The molecule has 1 heterocycles. The second kappa shape index (κ2) is 3.17. The summed E-state index contributed by atoms with van der Waals surface area (Å²) in [6.07, 6.45) is 1.69. The van der Waals surface area contributed by atoms with Crippen molar-refractivity contribution in [2.45, 2.75) is 6.92 Å². The van der Waals surface area contributed by atoms with Gasteiger partial charge in [0.05, 0.1) is 15.6 Å². The Morgan fingerprint density at radius 1 is 1.08 bits per heavy atom. The van der Waals surface area contributed by atoms with Crippen LogP contribution in [0.1, 0.15) is 5.56 Å². The first-order valence-electron chi connectivity index (χ1n) is 3.89. The molecule has 0 spiro atoms. The average molecular weight is 212 g/mol. The van der Waals surface area contributed by atoms with Crippen LogP contribution in [0.4, 0.5) is 0 Å². The van der Waals surface area contributed by atoms with Crippen LogP contribution in [0, 0.1) is 6.92 Å². The van der Waals surface area contributed by atoms with Gasteiger partial charge in [0, 0.05) is 11.6 Å². The molecular weight excluding hydrogens is 205 g/mol. The summed E-state index contributed by atoms with van der Waals surface area (Å²) in [7, 11) is 0. The predicted octanol–water partition coefficient (Wildman–Crippen LogP) is 3.85. The van der Waals surface area contributed by atoms with Crippen LogP contribution in [-0.4, -0.2) is 4.98 Å². The van der Waals surface area contributed by atoms with E-state index < -0.39 is 0 Å². The lowest BCUT2D eigenvalue weighted by Gasteiger charge is -2.04. The van der Waals surface area contributed by atoms with Gasteiger partial charge in [-0.15, -0.1) is 0 Å². The molecule has 1 aromatic heterocycles. The van der Waals surface area contributed by atoms with Crippen molar-refractivity contribution in [3.05, 3.63) is 40.0 Å². The van der Waals surface area contributed by atoms with Gasteiger partial charge in [0.2, 0.25) is 0 Å². The number of hydrogen-bond acceptors (Lipinski definition) is 1. The Bertz CT molecular complexity index is 457. The number of benzene rings is 1. The van der Waals surface area contributed by atoms with E-state index in [-0.39, 0.29) is 0 Å². The molecule has 0 atom stereocenters. The quantitative estimate of drug-likeness (QED) is 0.646. The predicted molar refractivity (Wildman–Crippen MR) is 56.5 cm³/mol. The summed E-state index contributed by atoms with van der Waals surface area (Å²) in [5, 5.41) is 2.14. The van der Waals surface area contributed by atoms with Crippen molar-refractivity contribution >= 4 is 34.1 Å². The van der Waals surface area contributed by atoms with E-state index >= 15 is 0 Å². The van der Waals surface area contributed by atoms with Crippen molar-refractivity contribution in [1.82, 2.24) is 4.98 Å². The van der Waals surface area contributed by atoms with Gasteiger partial charge in [-0.05, 0) is 24.6 Å². The maximum atomic E-state index is 6.01. The normalized spacial score (nSPS) is 10.7. The highest BCUT2D eigenvalue weighted by Gasteiger charge is 2.05. The maximum Gasteiger partial charge on any atom is 0.0761 e. The van der Waals surface area contributed by atoms with Crippen LogP contribution in [-0.2, 0) is 0 Å². The lowest BCUT2D eigenvalue weighted by atomic mass is 10.1. The third-order valence-corrected chi connectivity index (χ3v) is 2.62. The lowest BCUT2D eigenvalue weighted by molar-refractivity contribution is 1.37. The van der Waals surface area contributed by atoms with Crippen molar-refractivity contribution in [2.75, 3.05) is 0 Å². The molecule has 0 unspecified atom stereocenters. The van der Waals surface area contributed by atoms with E-state index in [0.717, 1.165) is 16.5 Å². The second-order valence-corrected chi connectivity index (χ2v) is 3.70. The Kier molecular flexibility index (Phi) is 2.14. The van der Waals surface area contributed by atoms with E-state index in [0.29, 0.717) is 10.0 Å². The first-order chi connectivity index (χ1) is 6.20. The molecule has 0 saturated carbocycles. The number of aryl methyl sites for hydroxylation is 1. The minimum Gasteiger partial charge on any atom is -0.256 e. The fourth-order valence-electron chi connectivity index (χ4n) is 1.32. The van der Waals surface area contributed by atoms with E-state index in [4.69, 9.17) is 23.2 Å². The summed E-state index contributed by atoms with van der Waals surface area (Å²) >= 11 is 12.0. The number of hydrogen-bond donors (Lipinski definition) is 0. The summed E-state index contributed by atoms with van der Waals surface area (Å²) in [6.45, 7) is 1.99. The van der Waals surface area contributed by atoms with Crippen LogP contribution in [0.3, 0.4) is 0 Å². The molecule has 0 aliphatic rings. The molecule has 1 aromatic carbocycles. The summed E-state index contributed by atoms with van der Waals surface area (Å²) in [4.78, 5) is 4.23. The lowest BCUT2D eigenvalue weighted by Crippen LogP contribution is -1.84. The van der Waals surface area contributed by atoms with Gasteiger partial charge in [0.15, 0.2) is 0 Å². The molecular formula is C10H7Cl2N. The molecule has 2 rings (SSSR count). The first-order valence-corrected chi connectivity index (χ1v) is 4.65. The van der Waals surface area contributed by atoms with Crippen LogP contribution >= 0.6 is 23.2 Å². The molecule has 0 amide bonds. The van der Waals surface area contributed by atoms with Gasteiger partial charge in [-0.3, -0.25) is 4.98 Å². The summed E-state index contributed by atoms with van der Waals surface area (Å²) in [6, 6.07) is 5.52. The number of nitrogens with zero attached hydrogens (tertiary/aromatic N) is 1. The van der Waals surface area contributed by atoms with Crippen LogP contribution in [0.15, 0.2) is 24.4 Å². The number of aromatic nitrogens is 1. The van der Waals surface area contributed by atoms with E-state index in [9.17, 15) is 0 Å². The monoisotopic (exact) mass is 211 g/mol. The van der Waals surface area contributed by atoms with E-state index in [1.54, 1.807) is 12.3 Å². The Morgan fingerprint density at radius 3 is 2.46 bits per heavy atom. The molecule has 2 aromatic rings. The number of rotatable bonds is 0. The molecule has 0 aliphatic heterocycles. The third-order valence-electron chi connectivity index (χ3n) is 1.99. The first kappa shape index (κ1) is 8.79. The molecule has 1 nitrogen and oxygen atoms in total. The van der Waals surface area contributed by atoms with Crippen molar-refractivity contribution in [3.63, 3.8) is 0 Å². The number of pyridine rings is 1. The summed E-state index contributed by atoms with van der Waals surface area (Å²) < 4.78 is 0. The van der Waals surface area contributed by atoms with Gasteiger partial charge in [0.25, 0.3) is 0 Å². The molecule has 0 aliphatic carbocycles. The second-order valence-electron chi connectivity index (χ2n) is 2.88. The zero-order valence-corrected chi connectivity index (χ0v) is 8.52. The van der Waals surface area contributed by atoms with E-state index in [2.05, 4.69) is 4.98 Å². The molecule has 0 N–H and O–H groups in total. The van der Waals surface area contributed by atoms with Gasteiger partial charge < -0.3 is 0 Å². The molecule has 0 radical (unpaired) electrons. The highest BCUT2D eigenvalue weighted by Crippen LogP contribution is 2.30. The highest BCUT2D eigenvalue weighted by molar-refractivity contribution is 6.42. The van der Waals surface area contributed by atoms with Crippen LogP contribution in [0.5, 0.6) is 0 Å². The van der Waals surface area contributed by atoms with Gasteiger partial charge in [-0.1, -0.05) is 29.3 Å². The van der Waals surface area contributed by atoms with Crippen molar-refractivity contribution in [1.29, 1.82) is 0 Å². The Morgan fingerprint density at radius 2 is 1.77 bits per heavy atom. The SMILES string of the molecule is Cc1ccc(Cl)c2c(Cl)ccnc12. The topological polar surface area (TPSA) is 12.9 Å². The van der Waals surface area contributed by atoms with Gasteiger partial charge in [-0.25, -0.2) is 0 Å². The minimum absolute atomic E-state index is 0.652. The van der Waals surface area contributed by atoms with Gasteiger partial charge >= 0.3 is 0 Å². The zero-order chi connectivity index (χ0) is 9.42. The van der Waals surface area contributed by atoms with Gasteiger partial charge in [-0.2, -0.15) is 0 Å². The summed E-state index contributed by atoms with van der Waals surface area (Å²) in [5.74, 6) is 0. The fraction of sp³-hybridized carbons (Fsp3) is 0.100. The van der Waals surface area contributed by atoms with E-state index in [1.807, 2.05) is 19.1 Å². The molecule has 66 valence electrons. The standard InChI is InChI=1S/C10H7Cl2N/c1-6-2-3-7(11)9-8(12)4-5-13-10(6)9/h2-5H,1H3. The van der Waals surface area contributed by atoms with Crippen molar-refractivity contribution in [2.24, 2.45) is 0 Å². The minimum atomic E-state index is 0.652. The van der Waals surface area contributed by atoms with E-state index in [1.165, 1.54) is 0 Å². The average Bonchev–Trinajstić information content (AvgIpc) is 2.12. The van der Waals surface area contributed by atoms with Crippen LogP contribution in [0.2, 0.25) is 10.0 Å². The fourth-order valence-corrected chi connectivity index (χ4v) is 1.88. The Balaban J connectivity index is 3.00. The summed E-state index contributed by atoms with van der Waals surface area (Å²) in [5.41, 5.74) is 1.96. The zero-order valence-electron chi connectivity index (χ0n) is 7.01. The molecule has 0 bridgehead atoms. The van der Waals surface area contributed by atoms with Crippen LogP contribution in [0.25, 0.3) is 10.9 Å². The maximum absolute atomic E-state index is 6.01. The van der Waals surface area contributed by atoms with Gasteiger partial charge in [0.1, 0.15) is 0 Å². The molecule has 3 heteroatoms. The van der Waals surface area contributed by atoms with Crippen molar-refractivity contribution < 1.29 is 0 Å². The smallest absolute Gasteiger partial charge is 0.0761 e. The molecule has 0 fully saturated rings. The third kappa shape index (κ3) is 1.38. The Hall–Kier alpha value is -0.790. The molecule has 0 saturated heterocycles. The Labute approximate surface area is 86.3 Å². The van der Waals surface area contributed by atoms with Crippen LogP contribution < -0.4 is 0 Å². The number of halogens is 2. The van der Waals surface area contributed by atoms with Crippen molar-refractivity contribution in [3.8, 4) is 0 Å². The number of fused-ring (bicyclic) bond motifs is 1.